The predicted molar refractivity (Wildman–Crippen MR) is 133 cm³/mol. The van der Waals surface area contributed by atoms with Gasteiger partial charge in [0.1, 0.15) is 0 Å². The minimum Gasteiger partial charge on any atom is -0.481 e. The highest BCUT2D eigenvalue weighted by Gasteiger charge is 2.69. The van der Waals surface area contributed by atoms with Crippen LogP contribution in [0.5, 0.6) is 0 Å². The minimum atomic E-state index is -1.03. The Balaban J connectivity index is 1.60. The molecular weight excluding hydrogens is 408 g/mol. The summed E-state index contributed by atoms with van der Waals surface area (Å²) in [6.07, 6.45) is 12.0. The minimum absolute atomic E-state index is 0.0311. The molecule has 0 heterocycles. The van der Waals surface area contributed by atoms with Crippen LogP contribution in [0.1, 0.15) is 106 Å². The van der Waals surface area contributed by atoms with Gasteiger partial charge < -0.3 is 10.2 Å². The van der Waals surface area contributed by atoms with Crippen LogP contribution in [0.2, 0.25) is 0 Å². The molecule has 33 heavy (non-hydrogen) atoms. The maximum absolute atomic E-state index is 12.5. The van der Waals surface area contributed by atoms with Crippen molar-refractivity contribution in [1.82, 2.24) is 0 Å². The summed E-state index contributed by atoms with van der Waals surface area (Å²) >= 11 is 0. The number of fused-ring (bicyclic) bond motifs is 7. The smallest absolute Gasteiger partial charge is 0.312 e. The lowest BCUT2D eigenvalue weighted by molar-refractivity contribution is -0.217. The summed E-state index contributed by atoms with van der Waals surface area (Å²) in [5.74, 6) is 1.96. The zero-order chi connectivity index (χ0) is 24.2. The lowest BCUT2D eigenvalue weighted by atomic mass is 9.33. The van der Waals surface area contributed by atoms with Crippen LogP contribution < -0.4 is 0 Å². The number of carbonyl (C=O) groups is 1. The van der Waals surface area contributed by atoms with Gasteiger partial charge in [0, 0.05) is 0 Å². The first-order valence-electron chi connectivity index (χ1n) is 13.9. The van der Waals surface area contributed by atoms with Crippen molar-refractivity contribution in [2.75, 3.05) is 0 Å². The van der Waals surface area contributed by atoms with E-state index in [0.717, 1.165) is 37.5 Å². The fraction of sp³-hybridized carbons (Fsp3) is 0.900. The fourth-order valence-corrected chi connectivity index (χ4v) is 10.8. The third-order valence-corrected chi connectivity index (χ3v) is 13.5. The SMILES string of the molecule is C[C@H]1[C@H](C)CC[C@]2(C)CC[C@]3(C)C(=CC[C@@H]4[C@@]5(C)CC[C@@H](O)C(C)(C(=O)O)C5CC[C@]43C)[C@H]12. The molecule has 4 saturated carbocycles. The molecule has 11 atom stereocenters. The zero-order valence-corrected chi connectivity index (χ0v) is 22.2. The van der Waals surface area contributed by atoms with Crippen LogP contribution in [0, 0.1) is 56.7 Å². The van der Waals surface area contributed by atoms with Crippen molar-refractivity contribution in [3.05, 3.63) is 11.6 Å². The summed E-state index contributed by atoms with van der Waals surface area (Å²) in [7, 11) is 0. The Morgan fingerprint density at radius 1 is 0.909 bits per heavy atom. The Hall–Kier alpha value is -0.830. The van der Waals surface area contributed by atoms with Crippen molar-refractivity contribution >= 4 is 5.97 Å². The Morgan fingerprint density at radius 3 is 2.27 bits per heavy atom. The van der Waals surface area contributed by atoms with E-state index < -0.39 is 17.5 Å². The highest BCUT2D eigenvalue weighted by molar-refractivity contribution is 5.76. The van der Waals surface area contributed by atoms with E-state index in [1.807, 2.05) is 6.92 Å². The van der Waals surface area contributed by atoms with Gasteiger partial charge in [-0.2, -0.15) is 0 Å². The average Bonchev–Trinajstić information content (AvgIpc) is 2.75. The van der Waals surface area contributed by atoms with Crippen LogP contribution in [-0.2, 0) is 4.79 Å². The molecule has 0 bridgehead atoms. The third-order valence-electron chi connectivity index (χ3n) is 13.5. The van der Waals surface area contributed by atoms with Crippen LogP contribution in [0.4, 0.5) is 0 Å². The molecule has 0 aromatic carbocycles. The third kappa shape index (κ3) is 2.75. The molecule has 0 saturated heterocycles. The monoisotopic (exact) mass is 456 g/mol. The number of carboxylic acids is 1. The van der Waals surface area contributed by atoms with Crippen molar-refractivity contribution in [2.24, 2.45) is 56.7 Å². The highest BCUT2D eigenvalue weighted by Crippen LogP contribution is 2.75. The van der Waals surface area contributed by atoms with Gasteiger partial charge in [-0.3, -0.25) is 4.79 Å². The summed E-state index contributed by atoms with van der Waals surface area (Å²) in [5, 5.41) is 21.1. The molecule has 0 aromatic heterocycles. The van der Waals surface area contributed by atoms with Crippen LogP contribution >= 0.6 is 0 Å². The van der Waals surface area contributed by atoms with Crippen molar-refractivity contribution in [3.8, 4) is 0 Å². The van der Waals surface area contributed by atoms with Gasteiger partial charge in [-0.1, -0.05) is 53.2 Å². The molecule has 5 aliphatic carbocycles. The normalized spacial score (nSPS) is 58.2. The predicted octanol–water partition coefficient (Wildman–Crippen LogP) is 7.09. The van der Waals surface area contributed by atoms with Crippen molar-refractivity contribution in [3.63, 3.8) is 0 Å². The lowest BCUT2D eigenvalue weighted by Gasteiger charge is -2.71. The van der Waals surface area contributed by atoms with Gasteiger partial charge in [-0.15, -0.1) is 0 Å². The molecule has 0 aromatic rings. The molecule has 2 N–H and O–H groups in total. The molecule has 5 rings (SSSR count). The standard InChI is InChI=1S/C30H48O3/c1-18-10-13-26(3)16-17-28(5)20(24(26)19(18)2)8-9-21-27(4)14-12-23(31)30(7,25(32)33)22(27)11-15-29(21,28)6/h8,18-19,21-24,31H,9-17H2,1-7H3,(H,32,33)/t18-,19+,21-,22?,23-,24+,26-,27-,28-,29-,30?/m1/s1. The molecule has 3 nitrogen and oxygen atoms in total. The Morgan fingerprint density at radius 2 is 1.61 bits per heavy atom. The van der Waals surface area contributed by atoms with E-state index >= 15 is 0 Å². The molecule has 3 heteroatoms. The highest BCUT2D eigenvalue weighted by atomic mass is 16.4. The van der Waals surface area contributed by atoms with E-state index in [4.69, 9.17) is 0 Å². The topological polar surface area (TPSA) is 57.5 Å². The molecule has 0 radical (unpaired) electrons. The molecule has 186 valence electrons. The number of aliphatic hydroxyl groups excluding tert-OH is 1. The van der Waals surface area contributed by atoms with Gasteiger partial charge in [0.25, 0.3) is 0 Å². The van der Waals surface area contributed by atoms with Gasteiger partial charge in [-0.05, 0) is 116 Å². The summed E-state index contributed by atoms with van der Waals surface area (Å²) < 4.78 is 0. The van der Waals surface area contributed by atoms with Crippen LogP contribution in [0.15, 0.2) is 11.6 Å². The maximum Gasteiger partial charge on any atom is 0.312 e. The number of aliphatic carboxylic acids is 1. The second-order valence-corrected chi connectivity index (χ2v) is 14.4. The van der Waals surface area contributed by atoms with Gasteiger partial charge in [0.2, 0.25) is 0 Å². The Kier molecular flexibility index (Phi) is 5.15. The molecule has 0 amide bonds. The van der Waals surface area contributed by atoms with Gasteiger partial charge >= 0.3 is 5.97 Å². The maximum atomic E-state index is 12.5. The summed E-state index contributed by atoms with van der Waals surface area (Å²) in [6.45, 7) is 17.0. The summed E-state index contributed by atoms with van der Waals surface area (Å²) in [6, 6.07) is 0. The number of aliphatic hydroxyl groups is 1. The Labute approximate surface area is 201 Å². The number of allylic oxidation sites excluding steroid dienone is 2. The van der Waals surface area contributed by atoms with Gasteiger partial charge in [0.15, 0.2) is 0 Å². The van der Waals surface area contributed by atoms with Crippen molar-refractivity contribution < 1.29 is 15.0 Å². The van der Waals surface area contributed by atoms with E-state index in [2.05, 4.69) is 47.6 Å². The average molecular weight is 457 g/mol. The second kappa shape index (κ2) is 7.11. The van der Waals surface area contributed by atoms with E-state index in [-0.39, 0.29) is 22.2 Å². The van der Waals surface area contributed by atoms with Crippen LogP contribution in [-0.4, -0.2) is 22.3 Å². The lowest BCUT2D eigenvalue weighted by Crippen LogP contribution is -2.66. The molecule has 2 unspecified atom stereocenters. The van der Waals surface area contributed by atoms with Gasteiger partial charge in [-0.25, -0.2) is 0 Å². The van der Waals surface area contributed by atoms with E-state index in [1.165, 1.54) is 25.7 Å². The summed E-state index contributed by atoms with van der Waals surface area (Å²) in [4.78, 5) is 12.5. The first kappa shape index (κ1) is 23.9. The Bertz CT molecular complexity index is 878. The summed E-state index contributed by atoms with van der Waals surface area (Å²) in [5.41, 5.74) is 1.56. The van der Waals surface area contributed by atoms with Gasteiger partial charge in [0.05, 0.1) is 11.5 Å². The quantitative estimate of drug-likeness (QED) is 0.414. The first-order valence-corrected chi connectivity index (χ1v) is 13.9. The van der Waals surface area contributed by atoms with E-state index in [1.54, 1.807) is 5.57 Å². The second-order valence-electron chi connectivity index (χ2n) is 14.4. The number of rotatable bonds is 1. The largest absolute Gasteiger partial charge is 0.481 e. The van der Waals surface area contributed by atoms with Crippen LogP contribution in [0.25, 0.3) is 0 Å². The first-order chi connectivity index (χ1) is 15.3. The van der Waals surface area contributed by atoms with E-state index in [9.17, 15) is 15.0 Å². The molecule has 0 aliphatic heterocycles. The number of hydrogen-bond donors (Lipinski definition) is 2. The van der Waals surface area contributed by atoms with Crippen molar-refractivity contribution in [1.29, 1.82) is 0 Å². The van der Waals surface area contributed by atoms with Crippen molar-refractivity contribution in [2.45, 2.75) is 112 Å². The fourth-order valence-electron chi connectivity index (χ4n) is 10.8. The van der Waals surface area contributed by atoms with E-state index in [0.29, 0.717) is 23.7 Å². The number of carboxylic acid groups (broad SMARTS) is 1. The zero-order valence-electron chi connectivity index (χ0n) is 22.2. The molecule has 4 fully saturated rings. The molecule has 0 spiro atoms. The van der Waals surface area contributed by atoms with Crippen LogP contribution in [0.3, 0.4) is 0 Å². The number of hydrogen-bond acceptors (Lipinski definition) is 2. The molecular formula is C30H48O3. The molecule has 5 aliphatic rings.